The predicted octanol–water partition coefficient (Wildman–Crippen LogP) is 3.58. The number of hydrogen-bond donors (Lipinski definition) is 2. The second-order valence-corrected chi connectivity index (χ2v) is 6.20. The van der Waals surface area contributed by atoms with Gasteiger partial charge >= 0.3 is 0 Å². The highest BCUT2D eigenvalue weighted by Gasteiger charge is 2.22. The normalized spacial score (nSPS) is 16.1. The van der Waals surface area contributed by atoms with Gasteiger partial charge in [0.25, 0.3) is 0 Å². The molecule has 1 aliphatic rings. The summed E-state index contributed by atoms with van der Waals surface area (Å²) in [5.41, 5.74) is 2.45. The second-order valence-electron chi connectivity index (χ2n) is 5.76. The van der Waals surface area contributed by atoms with Crippen molar-refractivity contribution in [3.8, 4) is 0 Å². The Labute approximate surface area is 133 Å². The van der Waals surface area contributed by atoms with Crippen molar-refractivity contribution in [2.75, 3.05) is 24.6 Å². The third-order valence-corrected chi connectivity index (χ3v) is 4.51. The Morgan fingerprint density at radius 2 is 2.05 bits per heavy atom. The van der Waals surface area contributed by atoms with Crippen molar-refractivity contribution < 1.29 is 5.11 Å². The van der Waals surface area contributed by atoms with E-state index in [4.69, 9.17) is 11.6 Å². The van der Waals surface area contributed by atoms with E-state index in [2.05, 4.69) is 23.2 Å². The third kappa shape index (κ3) is 4.60. The Bertz CT molecular complexity index is 433. The highest BCUT2D eigenvalue weighted by molar-refractivity contribution is 6.30. The summed E-state index contributed by atoms with van der Waals surface area (Å²) in [5.74, 6) is 0. The van der Waals surface area contributed by atoms with Crippen LogP contribution in [0.25, 0.3) is 0 Å². The molecule has 21 heavy (non-hydrogen) atoms. The van der Waals surface area contributed by atoms with Gasteiger partial charge in [-0.25, -0.2) is 0 Å². The van der Waals surface area contributed by atoms with Crippen LogP contribution < -0.4 is 10.2 Å². The highest BCUT2D eigenvalue weighted by atomic mass is 35.5. The van der Waals surface area contributed by atoms with Gasteiger partial charge in [-0.2, -0.15) is 0 Å². The number of nitrogens with one attached hydrogen (secondary N) is 1. The fourth-order valence-corrected chi connectivity index (χ4v) is 3.43. The predicted molar refractivity (Wildman–Crippen MR) is 90.1 cm³/mol. The third-order valence-electron chi connectivity index (χ3n) is 4.27. The Balaban J connectivity index is 2.24. The van der Waals surface area contributed by atoms with Crippen LogP contribution in [-0.4, -0.2) is 30.8 Å². The van der Waals surface area contributed by atoms with E-state index in [1.807, 2.05) is 12.1 Å². The van der Waals surface area contributed by atoms with Crippen LogP contribution in [-0.2, 0) is 6.54 Å². The molecule has 0 unspecified atom stereocenters. The van der Waals surface area contributed by atoms with E-state index >= 15 is 0 Å². The molecule has 1 fully saturated rings. The molecule has 3 nitrogen and oxygen atoms in total. The maximum Gasteiger partial charge on any atom is 0.0606 e. The lowest BCUT2D eigenvalue weighted by Gasteiger charge is -2.37. The van der Waals surface area contributed by atoms with Crippen molar-refractivity contribution in [1.29, 1.82) is 0 Å². The number of halogens is 1. The first-order chi connectivity index (χ1) is 10.3. The van der Waals surface area contributed by atoms with Crippen LogP contribution >= 0.6 is 11.6 Å². The van der Waals surface area contributed by atoms with Crippen LogP contribution in [0.4, 0.5) is 5.69 Å². The molecular formula is C17H27ClN2O. The minimum atomic E-state index is 0.194. The number of hydrogen-bond acceptors (Lipinski definition) is 3. The molecule has 0 aliphatic heterocycles. The van der Waals surface area contributed by atoms with Gasteiger partial charge in [-0.1, -0.05) is 37.8 Å². The topological polar surface area (TPSA) is 35.5 Å². The monoisotopic (exact) mass is 310 g/mol. The van der Waals surface area contributed by atoms with Gasteiger partial charge in [0.05, 0.1) is 6.61 Å². The van der Waals surface area contributed by atoms with E-state index < -0.39 is 0 Å². The number of nitrogens with zero attached hydrogens (tertiary/aromatic N) is 1. The summed E-state index contributed by atoms with van der Waals surface area (Å²) in [7, 11) is 0. The fraction of sp³-hybridized carbons (Fsp3) is 0.647. The van der Waals surface area contributed by atoms with E-state index in [0.717, 1.165) is 18.1 Å². The van der Waals surface area contributed by atoms with Gasteiger partial charge in [0, 0.05) is 29.8 Å². The largest absolute Gasteiger partial charge is 0.395 e. The summed E-state index contributed by atoms with van der Waals surface area (Å²) in [6.45, 7) is 4.76. The number of benzene rings is 1. The van der Waals surface area contributed by atoms with Crippen LogP contribution in [0.15, 0.2) is 18.2 Å². The minimum Gasteiger partial charge on any atom is -0.395 e. The molecule has 0 amide bonds. The molecule has 4 heteroatoms. The Morgan fingerprint density at radius 3 is 2.71 bits per heavy atom. The minimum absolute atomic E-state index is 0.194. The zero-order valence-electron chi connectivity index (χ0n) is 12.9. The van der Waals surface area contributed by atoms with Gasteiger partial charge in [-0.15, -0.1) is 0 Å². The van der Waals surface area contributed by atoms with Crippen LogP contribution in [0.3, 0.4) is 0 Å². The van der Waals surface area contributed by atoms with Crippen molar-refractivity contribution in [3.63, 3.8) is 0 Å². The summed E-state index contributed by atoms with van der Waals surface area (Å²) in [4.78, 5) is 2.39. The first-order valence-electron chi connectivity index (χ1n) is 8.13. The molecule has 0 heterocycles. The quantitative estimate of drug-likeness (QED) is 0.808. The Hall–Kier alpha value is -0.770. The van der Waals surface area contributed by atoms with Crippen LogP contribution in [0.2, 0.25) is 5.02 Å². The zero-order chi connectivity index (χ0) is 15.1. The van der Waals surface area contributed by atoms with Crippen molar-refractivity contribution in [2.45, 2.75) is 51.6 Å². The van der Waals surface area contributed by atoms with E-state index in [9.17, 15) is 5.11 Å². The highest BCUT2D eigenvalue weighted by Crippen LogP contribution is 2.31. The van der Waals surface area contributed by atoms with Crippen LogP contribution in [0.5, 0.6) is 0 Å². The smallest absolute Gasteiger partial charge is 0.0606 e. The maximum atomic E-state index is 9.47. The van der Waals surface area contributed by atoms with E-state index in [0.29, 0.717) is 12.6 Å². The van der Waals surface area contributed by atoms with Gasteiger partial charge < -0.3 is 15.3 Å². The van der Waals surface area contributed by atoms with Gasteiger partial charge in [0.1, 0.15) is 0 Å². The van der Waals surface area contributed by atoms with Crippen molar-refractivity contribution >= 4 is 17.3 Å². The molecule has 1 aromatic carbocycles. The molecule has 1 saturated carbocycles. The van der Waals surface area contributed by atoms with Crippen molar-refractivity contribution in [3.05, 3.63) is 28.8 Å². The Morgan fingerprint density at radius 1 is 1.29 bits per heavy atom. The number of anilines is 1. The first-order valence-corrected chi connectivity index (χ1v) is 8.50. The van der Waals surface area contributed by atoms with Gasteiger partial charge in [-0.3, -0.25) is 0 Å². The molecule has 1 aromatic rings. The molecule has 0 atom stereocenters. The van der Waals surface area contributed by atoms with E-state index in [-0.39, 0.29) is 6.61 Å². The zero-order valence-corrected chi connectivity index (χ0v) is 13.7. The summed E-state index contributed by atoms with van der Waals surface area (Å²) < 4.78 is 0. The molecule has 118 valence electrons. The summed E-state index contributed by atoms with van der Waals surface area (Å²) in [6, 6.07) is 6.67. The van der Waals surface area contributed by atoms with Crippen LogP contribution in [0.1, 0.15) is 44.6 Å². The molecular weight excluding hydrogens is 284 g/mol. The van der Waals surface area contributed by atoms with Gasteiger partial charge in [-0.05, 0) is 43.1 Å². The average Bonchev–Trinajstić information content (AvgIpc) is 2.52. The summed E-state index contributed by atoms with van der Waals surface area (Å²) in [6.07, 6.45) is 6.38. The molecule has 1 aliphatic carbocycles. The first kappa shape index (κ1) is 16.6. The lowest BCUT2D eigenvalue weighted by Crippen LogP contribution is -2.39. The molecule has 0 aromatic heterocycles. The molecule has 0 spiro atoms. The fourth-order valence-electron chi connectivity index (χ4n) is 3.24. The average molecular weight is 311 g/mol. The lowest BCUT2D eigenvalue weighted by molar-refractivity contribution is 0.290. The lowest BCUT2D eigenvalue weighted by atomic mass is 9.93. The van der Waals surface area contributed by atoms with E-state index in [1.54, 1.807) is 0 Å². The number of rotatable bonds is 7. The number of aliphatic hydroxyl groups excluding tert-OH is 1. The maximum absolute atomic E-state index is 9.47. The molecule has 0 radical (unpaired) electrons. The van der Waals surface area contributed by atoms with Gasteiger partial charge in [0.15, 0.2) is 0 Å². The molecule has 2 rings (SSSR count). The van der Waals surface area contributed by atoms with Crippen molar-refractivity contribution in [1.82, 2.24) is 5.32 Å². The second kappa shape index (κ2) is 8.62. The molecule has 2 N–H and O–H groups in total. The van der Waals surface area contributed by atoms with Gasteiger partial charge in [0.2, 0.25) is 0 Å². The van der Waals surface area contributed by atoms with Crippen LogP contribution in [0, 0.1) is 0 Å². The SMILES string of the molecule is CCNCc1cc(Cl)ccc1N(CCO)C1CCCCC1. The van der Waals surface area contributed by atoms with E-state index in [1.165, 1.54) is 43.4 Å². The summed E-state index contributed by atoms with van der Waals surface area (Å²) in [5, 5.41) is 13.6. The Kier molecular flexibility index (Phi) is 6.81. The molecule has 0 saturated heterocycles. The number of aliphatic hydroxyl groups is 1. The standard InChI is InChI=1S/C17H27ClN2O/c1-2-19-13-14-12-15(18)8-9-17(14)20(10-11-21)16-6-4-3-5-7-16/h8-9,12,16,19,21H,2-7,10-11,13H2,1H3. The van der Waals surface area contributed by atoms with Crippen molar-refractivity contribution in [2.24, 2.45) is 0 Å². The molecule has 0 bridgehead atoms. The summed E-state index contributed by atoms with van der Waals surface area (Å²) >= 11 is 6.17.